The number of aromatic nitrogens is 1. The molecule has 8 nitrogen and oxygen atoms in total. The highest BCUT2D eigenvalue weighted by Crippen LogP contribution is 2.33. The molecule has 1 atom stereocenters. The molecular weight excluding hydrogens is 374 g/mol. The lowest BCUT2D eigenvalue weighted by Gasteiger charge is -2.21. The predicted octanol–water partition coefficient (Wildman–Crippen LogP) is 4.60. The zero-order valence-corrected chi connectivity index (χ0v) is 17.6. The van der Waals surface area contributed by atoms with Gasteiger partial charge in [0.1, 0.15) is 11.3 Å². The van der Waals surface area contributed by atoms with E-state index in [4.69, 9.17) is 9.47 Å². The fourth-order valence-electron chi connectivity index (χ4n) is 2.78. The second-order valence-corrected chi connectivity index (χ2v) is 7.81. The molecule has 0 aliphatic carbocycles. The average molecular weight is 401 g/mol. The monoisotopic (exact) mass is 401 g/mol. The van der Waals surface area contributed by atoms with Gasteiger partial charge in [-0.05, 0) is 44.7 Å². The number of carbonyl (C=O) groups is 1. The summed E-state index contributed by atoms with van der Waals surface area (Å²) < 4.78 is 10.5. The Hall–Kier alpha value is -3.16. The number of hydrogen-bond donors (Lipinski definition) is 1. The molecule has 0 bridgehead atoms. The zero-order chi connectivity index (χ0) is 21.8. The van der Waals surface area contributed by atoms with Crippen LogP contribution in [0.4, 0.5) is 10.5 Å². The lowest BCUT2D eigenvalue weighted by molar-refractivity contribution is -0.385. The largest absolute Gasteiger partial charge is 0.481 e. The van der Waals surface area contributed by atoms with E-state index >= 15 is 0 Å². The molecule has 0 fully saturated rings. The number of amides is 1. The predicted molar refractivity (Wildman–Crippen MR) is 110 cm³/mol. The normalized spacial score (nSPS) is 12.2. The summed E-state index contributed by atoms with van der Waals surface area (Å²) in [6, 6.07) is 9.03. The molecule has 1 aromatic heterocycles. The van der Waals surface area contributed by atoms with Crippen LogP contribution in [0.25, 0.3) is 11.1 Å². The van der Waals surface area contributed by atoms with Crippen LogP contribution >= 0.6 is 0 Å². The molecule has 2 aromatic rings. The van der Waals surface area contributed by atoms with Gasteiger partial charge < -0.3 is 14.8 Å². The number of methoxy groups -OCH3 is 1. The van der Waals surface area contributed by atoms with Crippen molar-refractivity contribution in [2.45, 2.75) is 46.1 Å². The van der Waals surface area contributed by atoms with Crippen LogP contribution in [0.15, 0.2) is 30.3 Å². The maximum atomic E-state index is 11.8. The molecule has 0 saturated heterocycles. The van der Waals surface area contributed by atoms with Gasteiger partial charge in [0.25, 0.3) is 5.69 Å². The molecule has 0 aliphatic rings. The van der Waals surface area contributed by atoms with Crippen LogP contribution in [0, 0.1) is 17.0 Å². The number of pyridine rings is 1. The third-order valence-corrected chi connectivity index (χ3v) is 4.28. The number of nitrogens with zero attached hydrogens (tertiary/aromatic N) is 2. The van der Waals surface area contributed by atoms with Crippen molar-refractivity contribution in [1.29, 1.82) is 0 Å². The molecule has 2 rings (SSSR count). The number of nitro groups is 1. The molecule has 1 unspecified atom stereocenters. The van der Waals surface area contributed by atoms with E-state index in [0.29, 0.717) is 23.7 Å². The van der Waals surface area contributed by atoms with Crippen molar-refractivity contribution in [3.63, 3.8) is 0 Å². The Morgan fingerprint density at radius 1 is 1.28 bits per heavy atom. The van der Waals surface area contributed by atoms with E-state index < -0.39 is 16.6 Å². The van der Waals surface area contributed by atoms with Gasteiger partial charge in [-0.15, -0.1) is 0 Å². The van der Waals surface area contributed by atoms with Crippen LogP contribution in [-0.2, 0) is 4.74 Å². The number of carbonyl (C=O) groups excluding carboxylic acids is 1. The average Bonchev–Trinajstić information content (AvgIpc) is 2.64. The third kappa shape index (κ3) is 5.91. The molecule has 1 N–H and O–H groups in total. The van der Waals surface area contributed by atoms with Gasteiger partial charge in [0, 0.05) is 12.6 Å². The number of alkyl carbamates (subject to hydrolysis) is 1. The first-order chi connectivity index (χ1) is 13.5. The Morgan fingerprint density at radius 3 is 2.41 bits per heavy atom. The molecule has 1 amide bonds. The van der Waals surface area contributed by atoms with Gasteiger partial charge in [-0.3, -0.25) is 10.1 Å². The maximum absolute atomic E-state index is 11.8. The summed E-state index contributed by atoms with van der Waals surface area (Å²) in [7, 11) is 1.48. The number of rotatable bonds is 6. The minimum atomic E-state index is -0.543. The van der Waals surface area contributed by atoms with Crippen LogP contribution in [0.3, 0.4) is 0 Å². The summed E-state index contributed by atoms with van der Waals surface area (Å²) in [5, 5.41) is 14.0. The molecule has 156 valence electrons. The first kappa shape index (κ1) is 22.1. The van der Waals surface area contributed by atoms with Crippen molar-refractivity contribution >= 4 is 11.8 Å². The molecule has 29 heavy (non-hydrogen) atoms. The van der Waals surface area contributed by atoms with E-state index in [2.05, 4.69) is 10.3 Å². The number of benzene rings is 1. The van der Waals surface area contributed by atoms with Gasteiger partial charge in [0.05, 0.1) is 17.6 Å². The van der Waals surface area contributed by atoms with Gasteiger partial charge in [-0.25, -0.2) is 9.78 Å². The number of aryl methyl sites for hydroxylation is 1. The number of ether oxygens (including phenoxy) is 2. The second kappa shape index (κ2) is 8.89. The van der Waals surface area contributed by atoms with Crippen molar-refractivity contribution in [3.05, 3.63) is 51.7 Å². The van der Waals surface area contributed by atoms with Gasteiger partial charge in [-0.2, -0.15) is 0 Å². The SMILES string of the molecule is COc1nc(C)c([N+](=O)[O-])cc1-c1ccc(C(C)CNC(=O)OC(C)(C)C)cc1. The summed E-state index contributed by atoms with van der Waals surface area (Å²) in [5.74, 6) is 0.393. The van der Waals surface area contributed by atoms with Gasteiger partial charge in [-0.1, -0.05) is 31.2 Å². The molecule has 0 saturated carbocycles. The minimum Gasteiger partial charge on any atom is -0.481 e. The highest BCUT2D eigenvalue weighted by molar-refractivity contribution is 5.72. The van der Waals surface area contributed by atoms with Gasteiger partial charge in [0.15, 0.2) is 0 Å². The quantitative estimate of drug-likeness (QED) is 0.560. The van der Waals surface area contributed by atoms with Crippen molar-refractivity contribution in [2.75, 3.05) is 13.7 Å². The Kier molecular flexibility index (Phi) is 6.79. The van der Waals surface area contributed by atoms with Crippen LogP contribution in [-0.4, -0.2) is 35.3 Å². The topological polar surface area (TPSA) is 104 Å². The van der Waals surface area contributed by atoms with Gasteiger partial charge >= 0.3 is 6.09 Å². The summed E-state index contributed by atoms with van der Waals surface area (Å²) in [6.45, 7) is 9.43. The summed E-state index contributed by atoms with van der Waals surface area (Å²) >= 11 is 0. The summed E-state index contributed by atoms with van der Waals surface area (Å²) in [5.41, 5.74) is 2.02. The maximum Gasteiger partial charge on any atom is 0.407 e. The number of nitrogens with one attached hydrogen (secondary N) is 1. The van der Waals surface area contributed by atoms with E-state index in [1.165, 1.54) is 13.2 Å². The Morgan fingerprint density at radius 2 is 1.90 bits per heavy atom. The molecule has 8 heteroatoms. The molecule has 0 radical (unpaired) electrons. The molecule has 0 spiro atoms. The van der Waals surface area contributed by atoms with Crippen molar-refractivity contribution in [3.8, 4) is 17.0 Å². The molecule has 1 heterocycles. The third-order valence-electron chi connectivity index (χ3n) is 4.28. The first-order valence-corrected chi connectivity index (χ1v) is 9.29. The van der Waals surface area contributed by atoms with Crippen molar-refractivity contribution < 1.29 is 19.2 Å². The fourth-order valence-corrected chi connectivity index (χ4v) is 2.78. The Balaban J connectivity index is 2.17. The highest BCUT2D eigenvalue weighted by Gasteiger charge is 2.19. The van der Waals surface area contributed by atoms with Crippen LogP contribution < -0.4 is 10.1 Å². The van der Waals surface area contributed by atoms with Crippen LogP contribution in [0.2, 0.25) is 0 Å². The molecule has 0 aliphatic heterocycles. The highest BCUT2D eigenvalue weighted by atomic mass is 16.6. The van der Waals surface area contributed by atoms with E-state index in [1.807, 2.05) is 52.0 Å². The van der Waals surface area contributed by atoms with E-state index in [9.17, 15) is 14.9 Å². The standard InChI is InChI=1S/C21H27N3O5/c1-13(12-22-20(25)29-21(3,4)5)15-7-9-16(10-8-15)17-11-18(24(26)27)14(2)23-19(17)28-6/h7-11,13H,12H2,1-6H3,(H,22,25). The van der Waals surface area contributed by atoms with Crippen molar-refractivity contribution in [1.82, 2.24) is 10.3 Å². The molecular formula is C21H27N3O5. The van der Waals surface area contributed by atoms with Crippen LogP contribution in [0.1, 0.15) is 44.9 Å². The van der Waals surface area contributed by atoms with Crippen LogP contribution in [0.5, 0.6) is 5.88 Å². The summed E-state index contributed by atoms with van der Waals surface area (Å²) in [4.78, 5) is 26.8. The second-order valence-electron chi connectivity index (χ2n) is 7.81. The minimum absolute atomic E-state index is 0.0557. The lowest BCUT2D eigenvalue weighted by atomic mass is 9.97. The Labute approximate surface area is 170 Å². The van der Waals surface area contributed by atoms with E-state index in [-0.39, 0.29) is 11.6 Å². The molecule has 1 aromatic carbocycles. The summed E-state index contributed by atoms with van der Waals surface area (Å²) in [6.07, 6.45) is -0.455. The zero-order valence-electron chi connectivity index (χ0n) is 17.6. The van der Waals surface area contributed by atoms with Gasteiger partial charge in [0.2, 0.25) is 5.88 Å². The fraction of sp³-hybridized carbons (Fsp3) is 0.429. The first-order valence-electron chi connectivity index (χ1n) is 9.29. The number of hydrogen-bond acceptors (Lipinski definition) is 6. The smallest absolute Gasteiger partial charge is 0.407 e. The Bertz CT molecular complexity index is 888. The van der Waals surface area contributed by atoms with E-state index in [1.54, 1.807) is 6.92 Å². The van der Waals surface area contributed by atoms with E-state index in [0.717, 1.165) is 11.1 Å². The lowest BCUT2D eigenvalue weighted by Crippen LogP contribution is -2.34. The van der Waals surface area contributed by atoms with Crippen molar-refractivity contribution in [2.24, 2.45) is 0 Å².